The number of hydrogen-bond acceptors (Lipinski definition) is 1. The van der Waals surface area contributed by atoms with E-state index in [0.717, 1.165) is 5.56 Å². The third kappa shape index (κ3) is 5.49. The quantitative estimate of drug-likeness (QED) is 0.726. The van der Waals surface area contributed by atoms with Gasteiger partial charge >= 0.3 is 6.18 Å². The number of halogens is 4. The highest BCUT2D eigenvalue weighted by atomic mass is 19.4. The first-order chi connectivity index (χ1) is 8.28. The van der Waals surface area contributed by atoms with Crippen LogP contribution in [0.4, 0.5) is 17.6 Å². The molecule has 0 amide bonds. The number of benzene rings is 1. The molecule has 18 heavy (non-hydrogen) atoms. The Morgan fingerprint density at radius 3 is 2.11 bits per heavy atom. The van der Waals surface area contributed by atoms with E-state index < -0.39 is 12.6 Å². The van der Waals surface area contributed by atoms with Gasteiger partial charge in [-0.1, -0.05) is 12.1 Å². The van der Waals surface area contributed by atoms with E-state index in [-0.39, 0.29) is 18.4 Å². The van der Waals surface area contributed by atoms with Crippen molar-refractivity contribution in [1.29, 1.82) is 0 Å². The zero-order chi connectivity index (χ0) is 13.8. The first kappa shape index (κ1) is 15.0. The SMILES string of the molecule is CC(C)N(CCC(F)(F)F)Cc1ccc(F)cc1. The molecule has 1 rings (SSSR count). The summed E-state index contributed by atoms with van der Waals surface area (Å²) in [5, 5.41) is 0. The van der Waals surface area contributed by atoms with Crippen LogP contribution in [0.5, 0.6) is 0 Å². The lowest BCUT2D eigenvalue weighted by Crippen LogP contribution is -2.33. The van der Waals surface area contributed by atoms with Crippen LogP contribution in [0.1, 0.15) is 25.8 Å². The highest BCUT2D eigenvalue weighted by Gasteiger charge is 2.28. The van der Waals surface area contributed by atoms with Crippen LogP contribution in [0.15, 0.2) is 24.3 Å². The van der Waals surface area contributed by atoms with Gasteiger partial charge in [0.15, 0.2) is 0 Å². The molecule has 0 saturated carbocycles. The largest absolute Gasteiger partial charge is 0.390 e. The van der Waals surface area contributed by atoms with Gasteiger partial charge in [0.25, 0.3) is 0 Å². The maximum atomic E-state index is 12.7. The van der Waals surface area contributed by atoms with Crippen LogP contribution in [0, 0.1) is 5.82 Å². The summed E-state index contributed by atoms with van der Waals surface area (Å²) in [5.41, 5.74) is 0.812. The standard InChI is InChI=1S/C13H17F4N/c1-10(2)18(8-7-13(15,16)17)9-11-3-5-12(14)6-4-11/h3-6,10H,7-9H2,1-2H3. The lowest BCUT2D eigenvalue weighted by Gasteiger charge is -2.27. The fraction of sp³-hybridized carbons (Fsp3) is 0.538. The fourth-order valence-electron chi connectivity index (χ4n) is 1.61. The Balaban J connectivity index is 2.60. The summed E-state index contributed by atoms with van der Waals surface area (Å²) in [7, 11) is 0. The Morgan fingerprint density at radius 1 is 1.11 bits per heavy atom. The second-order valence-electron chi connectivity index (χ2n) is 4.56. The molecule has 0 aliphatic heterocycles. The maximum Gasteiger partial charge on any atom is 0.390 e. The van der Waals surface area contributed by atoms with Gasteiger partial charge in [-0.05, 0) is 31.5 Å². The Bertz CT molecular complexity index is 356. The fourth-order valence-corrected chi connectivity index (χ4v) is 1.61. The van der Waals surface area contributed by atoms with Gasteiger partial charge < -0.3 is 0 Å². The molecule has 0 aromatic heterocycles. The third-order valence-electron chi connectivity index (χ3n) is 2.71. The molecule has 0 aliphatic carbocycles. The van der Waals surface area contributed by atoms with Gasteiger partial charge in [-0.2, -0.15) is 13.2 Å². The summed E-state index contributed by atoms with van der Waals surface area (Å²) in [6.45, 7) is 4.05. The van der Waals surface area contributed by atoms with Crippen molar-refractivity contribution in [1.82, 2.24) is 4.90 Å². The molecule has 0 heterocycles. The van der Waals surface area contributed by atoms with E-state index >= 15 is 0 Å². The molecule has 0 N–H and O–H groups in total. The highest BCUT2D eigenvalue weighted by Crippen LogP contribution is 2.21. The number of rotatable bonds is 5. The van der Waals surface area contributed by atoms with Crippen molar-refractivity contribution in [2.45, 2.75) is 39.0 Å². The van der Waals surface area contributed by atoms with E-state index in [1.807, 2.05) is 13.8 Å². The summed E-state index contributed by atoms with van der Waals surface area (Å²) >= 11 is 0. The summed E-state index contributed by atoms with van der Waals surface area (Å²) < 4.78 is 49.3. The van der Waals surface area contributed by atoms with Crippen LogP contribution in [0.3, 0.4) is 0 Å². The molecule has 1 aromatic carbocycles. The minimum absolute atomic E-state index is 0.0115. The van der Waals surface area contributed by atoms with Gasteiger partial charge in [0.2, 0.25) is 0 Å². The zero-order valence-corrected chi connectivity index (χ0v) is 10.5. The molecule has 0 aliphatic rings. The van der Waals surface area contributed by atoms with E-state index in [1.54, 1.807) is 17.0 Å². The molecule has 0 fully saturated rings. The Labute approximate surface area is 104 Å². The lowest BCUT2D eigenvalue weighted by atomic mass is 10.1. The zero-order valence-electron chi connectivity index (χ0n) is 10.5. The summed E-state index contributed by atoms with van der Waals surface area (Å²) in [6, 6.07) is 5.84. The van der Waals surface area contributed by atoms with Crippen molar-refractivity contribution in [3.63, 3.8) is 0 Å². The highest BCUT2D eigenvalue weighted by molar-refractivity contribution is 5.15. The average Bonchev–Trinajstić information content (AvgIpc) is 2.25. The van der Waals surface area contributed by atoms with Crippen molar-refractivity contribution in [2.24, 2.45) is 0 Å². The Hall–Kier alpha value is -1.10. The summed E-state index contributed by atoms with van der Waals surface area (Å²) in [6.07, 6.45) is -4.97. The molecule has 5 heteroatoms. The van der Waals surface area contributed by atoms with Crippen LogP contribution < -0.4 is 0 Å². The smallest absolute Gasteiger partial charge is 0.296 e. The summed E-state index contributed by atoms with van der Waals surface area (Å²) in [4.78, 5) is 1.72. The molecule has 0 saturated heterocycles. The third-order valence-corrected chi connectivity index (χ3v) is 2.71. The van der Waals surface area contributed by atoms with E-state index in [1.165, 1.54) is 12.1 Å². The molecule has 1 aromatic rings. The van der Waals surface area contributed by atoms with Crippen molar-refractivity contribution < 1.29 is 17.6 Å². The van der Waals surface area contributed by atoms with Gasteiger partial charge in [0.1, 0.15) is 5.82 Å². The van der Waals surface area contributed by atoms with Crippen LogP contribution in [0.25, 0.3) is 0 Å². The van der Waals surface area contributed by atoms with Gasteiger partial charge in [-0.25, -0.2) is 4.39 Å². The van der Waals surface area contributed by atoms with Gasteiger partial charge in [-0.15, -0.1) is 0 Å². The van der Waals surface area contributed by atoms with Gasteiger partial charge in [-0.3, -0.25) is 4.90 Å². The van der Waals surface area contributed by atoms with E-state index in [4.69, 9.17) is 0 Å². The Morgan fingerprint density at radius 2 is 1.67 bits per heavy atom. The molecule has 0 spiro atoms. The number of alkyl halides is 3. The van der Waals surface area contributed by atoms with Crippen LogP contribution in [0.2, 0.25) is 0 Å². The average molecular weight is 263 g/mol. The predicted molar refractivity (Wildman–Crippen MR) is 62.6 cm³/mol. The first-order valence-corrected chi connectivity index (χ1v) is 5.83. The van der Waals surface area contributed by atoms with Crippen molar-refractivity contribution >= 4 is 0 Å². The van der Waals surface area contributed by atoms with Crippen molar-refractivity contribution in [3.8, 4) is 0 Å². The van der Waals surface area contributed by atoms with Gasteiger partial charge in [0, 0.05) is 19.1 Å². The normalized spacial score (nSPS) is 12.4. The second kappa shape index (κ2) is 6.18. The van der Waals surface area contributed by atoms with Crippen molar-refractivity contribution in [2.75, 3.05) is 6.54 Å². The van der Waals surface area contributed by atoms with Crippen LogP contribution in [-0.2, 0) is 6.54 Å². The summed E-state index contributed by atoms with van der Waals surface area (Å²) in [5.74, 6) is -0.342. The molecule has 0 bridgehead atoms. The van der Waals surface area contributed by atoms with E-state index in [2.05, 4.69) is 0 Å². The molecule has 102 valence electrons. The first-order valence-electron chi connectivity index (χ1n) is 5.83. The predicted octanol–water partition coefficient (Wildman–Crippen LogP) is 3.99. The molecule has 0 radical (unpaired) electrons. The topological polar surface area (TPSA) is 3.24 Å². The minimum Gasteiger partial charge on any atom is -0.296 e. The molecule has 1 nitrogen and oxygen atoms in total. The minimum atomic E-state index is -4.14. The lowest BCUT2D eigenvalue weighted by molar-refractivity contribution is -0.139. The molecule has 0 atom stereocenters. The van der Waals surface area contributed by atoms with Crippen LogP contribution in [-0.4, -0.2) is 23.7 Å². The Kier molecular flexibility index (Phi) is 5.14. The maximum absolute atomic E-state index is 12.7. The molecule has 0 unspecified atom stereocenters. The monoisotopic (exact) mass is 263 g/mol. The second-order valence-corrected chi connectivity index (χ2v) is 4.56. The van der Waals surface area contributed by atoms with Crippen LogP contribution >= 0.6 is 0 Å². The van der Waals surface area contributed by atoms with E-state index in [9.17, 15) is 17.6 Å². The van der Waals surface area contributed by atoms with Gasteiger partial charge in [0.05, 0.1) is 6.42 Å². The molecular formula is C13H17F4N. The number of nitrogens with zero attached hydrogens (tertiary/aromatic N) is 1. The molecular weight excluding hydrogens is 246 g/mol. The van der Waals surface area contributed by atoms with E-state index in [0.29, 0.717) is 6.54 Å². The number of hydrogen-bond donors (Lipinski definition) is 0. The van der Waals surface area contributed by atoms with Crippen molar-refractivity contribution in [3.05, 3.63) is 35.6 Å².